The van der Waals surface area contributed by atoms with Gasteiger partial charge in [-0.1, -0.05) is 0 Å². The van der Waals surface area contributed by atoms with E-state index < -0.39 is 0 Å². The lowest BCUT2D eigenvalue weighted by molar-refractivity contribution is -0.116. The van der Waals surface area contributed by atoms with Crippen LogP contribution in [0.25, 0.3) is 0 Å². The van der Waals surface area contributed by atoms with Gasteiger partial charge in [0.05, 0.1) is 6.54 Å². The Morgan fingerprint density at radius 1 is 1.88 bits per heavy atom. The minimum absolute atomic E-state index is 0.240. The molecule has 0 aliphatic carbocycles. The molecule has 1 saturated heterocycles. The van der Waals surface area contributed by atoms with E-state index in [1.54, 1.807) is 0 Å². The zero-order valence-electron chi connectivity index (χ0n) is 4.48. The second kappa shape index (κ2) is 2.46. The van der Waals surface area contributed by atoms with Crippen LogP contribution >= 0.6 is 11.6 Å². The Hall–Kier alpha value is -0.0800. The molecule has 1 aliphatic rings. The predicted molar refractivity (Wildman–Crippen MR) is 32.1 cm³/mol. The highest BCUT2D eigenvalue weighted by atomic mass is 35.5. The van der Waals surface area contributed by atoms with E-state index in [4.69, 9.17) is 11.6 Å². The molecule has 0 aromatic carbocycles. The van der Waals surface area contributed by atoms with Crippen LogP contribution in [0.4, 0.5) is 0 Å². The van der Waals surface area contributed by atoms with Crippen LogP contribution in [0.2, 0.25) is 0 Å². The number of nitrogens with one attached hydrogen (secondary N) is 1. The van der Waals surface area contributed by atoms with Crippen LogP contribution in [0.5, 0.6) is 0 Å². The molecule has 1 fully saturated rings. The van der Waals surface area contributed by atoms with Gasteiger partial charge < -0.3 is 5.32 Å². The maximum Gasteiger partial charge on any atom is 0.148 e. The van der Waals surface area contributed by atoms with Gasteiger partial charge in [0.2, 0.25) is 0 Å². The molecule has 0 aromatic heterocycles. The number of ketones is 1. The Morgan fingerprint density at radius 2 is 2.62 bits per heavy atom. The van der Waals surface area contributed by atoms with E-state index in [-0.39, 0.29) is 11.8 Å². The Labute approximate surface area is 53.2 Å². The normalized spacial score (nSPS) is 29.1. The van der Waals surface area contributed by atoms with Gasteiger partial charge in [0.15, 0.2) is 0 Å². The molecule has 2 nitrogen and oxygen atoms in total. The monoisotopic (exact) mass is 133 g/mol. The number of carbonyl (C=O) groups is 1. The van der Waals surface area contributed by atoms with Gasteiger partial charge in [-0.3, -0.25) is 4.79 Å². The summed E-state index contributed by atoms with van der Waals surface area (Å²) in [4.78, 5) is 10.5. The number of hydrogen-bond donors (Lipinski definition) is 1. The molecule has 0 unspecified atom stereocenters. The minimum atomic E-state index is 0.240. The van der Waals surface area contributed by atoms with E-state index in [2.05, 4.69) is 5.32 Å². The first-order chi connectivity index (χ1) is 3.83. The number of rotatable bonds is 1. The zero-order valence-corrected chi connectivity index (χ0v) is 5.24. The lowest BCUT2D eigenvalue weighted by atomic mass is 10.2. The van der Waals surface area contributed by atoms with Crippen molar-refractivity contribution in [1.29, 1.82) is 0 Å². The average Bonchev–Trinajstić information content (AvgIpc) is 2.14. The van der Waals surface area contributed by atoms with Gasteiger partial charge in [-0.2, -0.15) is 0 Å². The van der Waals surface area contributed by atoms with E-state index >= 15 is 0 Å². The Balaban J connectivity index is 2.32. The molecule has 1 N–H and O–H groups in total. The standard InChI is InChI=1S/C5H8ClNO/c6-2-4-1-5(8)3-7-4/h4,7H,1-3H2/t4-/m0/s1. The van der Waals surface area contributed by atoms with Crippen LogP contribution in [-0.2, 0) is 4.79 Å². The minimum Gasteiger partial charge on any atom is -0.306 e. The molecule has 1 rings (SSSR count). The van der Waals surface area contributed by atoms with E-state index in [1.165, 1.54) is 0 Å². The summed E-state index contributed by atoms with van der Waals surface area (Å²) in [5.74, 6) is 0.821. The van der Waals surface area contributed by atoms with Crippen molar-refractivity contribution in [3.8, 4) is 0 Å². The Bertz CT molecular complexity index is 105. The van der Waals surface area contributed by atoms with Crippen LogP contribution < -0.4 is 5.32 Å². The van der Waals surface area contributed by atoms with Gasteiger partial charge in [-0.15, -0.1) is 11.6 Å². The van der Waals surface area contributed by atoms with Gasteiger partial charge in [0.25, 0.3) is 0 Å². The highest BCUT2D eigenvalue weighted by Gasteiger charge is 2.19. The summed E-state index contributed by atoms with van der Waals surface area (Å²) in [5.41, 5.74) is 0. The summed E-state index contributed by atoms with van der Waals surface area (Å²) in [7, 11) is 0. The summed E-state index contributed by atoms with van der Waals surface area (Å²) in [6.07, 6.45) is 0.615. The molecule has 1 aliphatic heterocycles. The second-order valence-electron chi connectivity index (χ2n) is 1.97. The molecule has 0 aromatic rings. The lowest BCUT2D eigenvalue weighted by Gasteiger charge is -1.99. The first kappa shape index (κ1) is 6.05. The predicted octanol–water partition coefficient (Wildman–Crippen LogP) is 0.156. The summed E-state index contributed by atoms with van der Waals surface area (Å²) < 4.78 is 0. The van der Waals surface area contributed by atoms with E-state index in [9.17, 15) is 4.79 Å². The lowest BCUT2D eigenvalue weighted by Crippen LogP contribution is -2.22. The fourth-order valence-corrected chi connectivity index (χ4v) is 1.00. The van der Waals surface area contributed by atoms with Gasteiger partial charge in [-0.25, -0.2) is 0 Å². The van der Waals surface area contributed by atoms with Crippen molar-refractivity contribution in [2.75, 3.05) is 12.4 Å². The molecule has 0 spiro atoms. The highest BCUT2D eigenvalue weighted by molar-refractivity contribution is 6.18. The number of alkyl halides is 1. The van der Waals surface area contributed by atoms with Crippen molar-refractivity contribution in [1.82, 2.24) is 5.32 Å². The molecule has 0 radical (unpaired) electrons. The van der Waals surface area contributed by atoms with Gasteiger partial charge in [-0.05, 0) is 0 Å². The fraction of sp³-hybridized carbons (Fsp3) is 0.800. The molecule has 1 heterocycles. The first-order valence-electron chi connectivity index (χ1n) is 2.64. The van der Waals surface area contributed by atoms with Crippen LogP contribution in [0, 0.1) is 0 Å². The van der Waals surface area contributed by atoms with Crippen LogP contribution in [0.15, 0.2) is 0 Å². The Morgan fingerprint density at radius 3 is 2.88 bits per heavy atom. The first-order valence-corrected chi connectivity index (χ1v) is 3.17. The number of halogens is 1. The topological polar surface area (TPSA) is 29.1 Å². The molecule has 0 bridgehead atoms. The van der Waals surface area contributed by atoms with Crippen molar-refractivity contribution < 1.29 is 4.79 Å². The summed E-state index contributed by atoms with van der Waals surface area (Å²) in [6, 6.07) is 0.240. The van der Waals surface area contributed by atoms with Crippen LogP contribution in [0.1, 0.15) is 6.42 Å². The van der Waals surface area contributed by atoms with Gasteiger partial charge in [0, 0.05) is 18.3 Å². The third-order valence-corrected chi connectivity index (χ3v) is 1.62. The number of Topliss-reactive ketones (excluding diaryl/α,β-unsaturated/α-hetero) is 1. The van der Waals surface area contributed by atoms with Gasteiger partial charge >= 0.3 is 0 Å². The molecule has 0 amide bonds. The average molecular weight is 134 g/mol. The Kier molecular flexibility index (Phi) is 1.86. The van der Waals surface area contributed by atoms with Crippen molar-refractivity contribution >= 4 is 17.4 Å². The SMILES string of the molecule is O=C1CN[C@H](CCl)C1. The summed E-state index contributed by atoms with van der Waals surface area (Å²) in [5, 5.41) is 2.97. The highest BCUT2D eigenvalue weighted by Crippen LogP contribution is 2.01. The number of carbonyl (C=O) groups excluding carboxylic acids is 1. The van der Waals surface area contributed by atoms with E-state index in [0.29, 0.717) is 18.8 Å². The maximum absolute atomic E-state index is 10.5. The second-order valence-corrected chi connectivity index (χ2v) is 2.28. The van der Waals surface area contributed by atoms with Crippen molar-refractivity contribution in [3.63, 3.8) is 0 Å². The quantitative estimate of drug-likeness (QED) is 0.517. The molecule has 3 heteroatoms. The molecule has 0 saturated carbocycles. The van der Waals surface area contributed by atoms with Crippen LogP contribution in [0.3, 0.4) is 0 Å². The van der Waals surface area contributed by atoms with Crippen LogP contribution in [-0.4, -0.2) is 24.2 Å². The molecular weight excluding hydrogens is 126 g/mol. The summed E-state index contributed by atoms with van der Waals surface area (Å²) in [6.45, 7) is 0.511. The number of hydrogen-bond acceptors (Lipinski definition) is 2. The molecule has 1 atom stereocenters. The maximum atomic E-state index is 10.5. The van der Waals surface area contributed by atoms with Crippen molar-refractivity contribution in [2.45, 2.75) is 12.5 Å². The summed E-state index contributed by atoms with van der Waals surface area (Å²) >= 11 is 5.46. The van der Waals surface area contributed by atoms with E-state index in [0.717, 1.165) is 0 Å². The van der Waals surface area contributed by atoms with E-state index in [1.807, 2.05) is 0 Å². The zero-order chi connectivity index (χ0) is 5.98. The largest absolute Gasteiger partial charge is 0.306 e. The third kappa shape index (κ3) is 1.20. The van der Waals surface area contributed by atoms with Crippen molar-refractivity contribution in [3.05, 3.63) is 0 Å². The molecule has 46 valence electrons. The third-order valence-electron chi connectivity index (χ3n) is 1.25. The molecule has 8 heavy (non-hydrogen) atoms. The smallest absolute Gasteiger partial charge is 0.148 e. The van der Waals surface area contributed by atoms with Gasteiger partial charge in [0.1, 0.15) is 5.78 Å². The molecular formula is C5H8ClNO. The van der Waals surface area contributed by atoms with Crippen molar-refractivity contribution in [2.24, 2.45) is 0 Å². The fourth-order valence-electron chi connectivity index (χ4n) is 0.786.